The molecule has 1 N–H and O–H groups in total. The molecule has 0 spiro atoms. The lowest BCUT2D eigenvalue weighted by atomic mass is 10.1. The smallest absolute Gasteiger partial charge is 0.333 e. The lowest BCUT2D eigenvalue weighted by Gasteiger charge is -2.10. The predicted molar refractivity (Wildman–Crippen MR) is 43.9 cm³/mol. The Morgan fingerprint density at radius 2 is 2.42 bits per heavy atom. The molecule has 2 aliphatic rings. The quantitative estimate of drug-likeness (QED) is 0.585. The maximum Gasteiger partial charge on any atom is 0.333 e. The summed E-state index contributed by atoms with van der Waals surface area (Å²) in [5, 5.41) is 8.72. The molecule has 5 nitrogen and oxygen atoms in total. The van der Waals surface area contributed by atoms with E-state index in [2.05, 4.69) is 15.0 Å². The fourth-order valence-electron chi connectivity index (χ4n) is 1.09. The third-order valence-corrected chi connectivity index (χ3v) is 1.63. The number of hydrogen-bond donors (Lipinski definition) is 1. The molecule has 0 aliphatic carbocycles. The van der Waals surface area contributed by atoms with Gasteiger partial charge in [-0.1, -0.05) is 0 Å². The van der Waals surface area contributed by atoms with E-state index in [0.717, 1.165) is 0 Å². The number of carboxylic acids is 1. The van der Waals surface area contributed by atoms with Gasteiger partial charge in [-0.2, -0.15) is 0 Å². The topological polar surface area (TPSA) is 74.4 Å². The molecule has 0 aromatic carbocycles. The summed E-state index contributed by atoms with van der Waals surface area (Å²) in [6.07, 6.45) is 4.38. The Labute approximate surface area is 67.9 Å². The molecular formula is C7H5N3O2. The number of allylic oxidation sites excluding steroid dienone is 1. The Hall–Kier alpha value is -1.78. The largest absolute Gasteiger partial charge is 0.479 e. The molecule has 0 aromatic heterocycles. The van der Waals surface area contributed by atoms with Crippen molar-refractivity contribution < 1.29 is 9.90 Å². The highest BCUT2D eigenvalue weighted by Gasteiger charge is 2.28. The van der Waals surface area contributed by atoms with Gasteiger partial charge in [0.1, 0.15) is 6.34 Å². The summed E-state index contributed by atoms with van der Waals surface area (Å²) < 4.78 is 0. The van der Waals surface area contributed by atoms with Crippen LogP contribution in [0.2, 0.25) is 0 Å². The Bertz CT molecular complexity index is 352. The van der Waals surface area contributed by atoms with Gasteiger partial charge < -0.3 is 5.11 Å². The lowest BCUT2D eigenvalue weighted by molar-refractivity contribution is -0.137. The minimum absolute atomic E-state index is 0.456. The average Bonchev–Trinajstić information content (AvgIpc) is 2.49. The number of aliphatic imine (C=N–C) groups is 3. The van der Waals surface area contributed by atoms with E-state index >= 15 is 0 Å². The zero-order chi connectivity index (χ0) is 8.55. The van der Waals surface area contributed by atoms with Crippen molar-refractivity contribution in [3.63, 3.8) is 0 Å². The number of amidine groups is 1. The molecular weight excluding hydrogens is 158 g/mol. The molecule has 0 saturated heterocycles. The minimum Gasteiger partial charge on any atom is -0.479 e. The van der Waals surface area contributed by atoms with Crippen LogP contribution in [0.3, 0.4) is 0 Å². The van der Waals surface area contributed by atoms with E-state index in [1.165, 1.54) is 12.6 Å². The van der Waals surface area contributed by atoms with Crippen LogP contribution in [-0.2, 0) is 4.79 Å². The summed E-state index contributed by atoms with van der Waals surface area (Å²) in [5.74, 6) is -0.521. The summed E-state index contributed by atoms with van der Waals surface area (Å²) >= 11 is 0. The van der Waals surface area contributed by atoms with Crippen LogP contribution in [0.5, 0.6) is 0 Å². The first-order chi connectivity index (χ1) is 5.79. The molecule has 0 radical (unpaired) electrons. The van der Waals surface area contributed by atoms with Crippen LogP contribution in [0, 0.1) is 0 Å². The van der Waals surface area contributed by atoms with E-state index < -0.39 is 12.0 Å². The Balaban J connectivity index is 2.39. The van der Waals surface area contributed by atoms with Crippen molar-refractivity contribution in [1.82, 2.24) is 0 Å². The Kier molecular flexibility index (Phi) is 1.36. The summed E-state index contributed by atoms with van der Waals surface area (Å²) in [7, 11) is 0. The van der Waals surface area contributed by atoms with Gasteiger partial charge in [0, 0.05) is 11.8 Å². The molecule has 0 fully saturated rings. The molecule has 0 saturated carbocycles. The molecule has 12 heavy (non-hydrogen) atoms. The third kappa shape index (κ3) is 0.868. The molecule has 1 atom stereocenters. The van der Waals surface area contributed by atoms with Gasteiger partial charge >= 0.3 is 5.97 Å². The van der Waals surface area contributed by atoms with Gasteiger partial charge in [-0.25, -0.2) is 14.8 Å². The molecule has 0 amide bonds. The van der Waals surface area contributed by atoms with E-state index in [0.29, 0.717) is 11.4 Å². The summed E-state index contributed by atoms with van der Waals surface area (Å²) in [5.41, 5.74) is 0.560. The average molecular weight is 163 g/mol. The first-order valence-electron chi connectivity index (χ1n) is 3.36. The minimum atomic E-state index is -0.976. The fourth-order valence-corrected chi connectivity index (χ4v) is 1.09. The van der Waals surface area contributed by atoms with Crippen molar-refractivity contribution in [2.24, 2.45) is 15.0 Å². The zero-order valence-electron chi connectivity index (χ0n) is 6.01. The number of carboxylic acid groups (broad SMARTS) is 1. The first-order valence-corrected chi connectivity index (χ1v) is 3.36. The van der Waals surface area contributed by atoms with Gasteiger partial charge in [-0.15, -0.1) is 0 Å². The van der Waals surface area contributed by atoms with Crippen molar-refractivity contribution in [2.75, 3.05) is 0 Å². The number of nitrogens with zero attached hydrogens (tertiary/aromatic N) is 3. The molecule has 0 aromatic rings. The SMILES string of the molecule is O=C(O)[C@H]1N=CN=C2N=CC=C21. The van der Waals surface area contributed by atoms with Crippen molar-refractivity contribution >= 4 is 24.4 Å². The Morgan fingerprint density at radius 3 is 3.17 bits per heavy atom. The van der Waals surface area contributed by atoms with Crippen LogP contribution >= 0.6 is 0 Å². The van der Waals surface area contributed by atoms with Crippen molar-refractivity contribution in [3.8, 4) is 0 Å². The van der Waals surface area contributed by atoms with E-state index in [1.807, 2.05) is 0 Å². The molecule has 2 aliphatic heterocycles. The molecule has 0 unspecified atom stereocenters. The van der Waals surface area contributed by atoms with E-state index in [9.17, 15) is 4.79 Å². The standard InChI is InChI=1S/C7H5N3O2/c11-7(12)5-4-1-2-8-6(4)10-3-9-5/h1-3,5H,(H,11,12)/t5-/m0/s1. The molecule has 5 heteroatoms. The van der Waals surface area contributed by atoms with Gasteiger partial charge in [0.25, 0.3) is 0 Å². The van der Waals surface area contributed by atoms with Crippen LogP contribution in [0.1, 0.15) is 0 Å². The van der Waals surface area contributed by atoms with Crippen molar-refractivity contribution in [2.45, 2.75) is 6.04 Å². The van der Waals surface area contributed by atoms with E-state index in [1.54, 1.807) is 6.08 Å². The summed E-state index contributed by atoms with van der Waals surface area (Å²) in [6, 6.07) is -0.833. The predicted octanol–water partition coefficient (Wildman–Crippen LogP) is -0.109. The number of aliphatic carboxylic acids is 1. The third-order valence-electron chi connectivity index (χ3n) is 1.63. The highest BCUT2D eigenvalue weighted by atomic mass is 16.4. The maximum atomic E-state index is 10.6. The van der Waals surface area contributed by atoms with Gasteiger partial charge in [0.05, 0.1) is 0 Å². The second kappa shape index (κ2) is 2.37. The zero-order valence-corrected chi connectivity index (χ0v) is 6.01. The second-order valence-corrected chi connectivity index (χ2v) is 2.36. The van der Waals surface area contributed by atoms with Crippen LogP contribution in [0.25, 0.3) is 0 Å². The number of fused-ring (bicyclic) bond motifs is 1. The van der Waals surface area contributed by atoms with Crippen LogP contribution in [0.15, 0.2) is 26.6 Å². The Morgan fingerprint density at radius 1 is 1.58 bits per heavy atom. The molecule has 0 bridgehead atoms. The maximum absolute atomic E-state index is 10.6. The van der Waals surface area contributed by atoms with Crippen LogP contribution in [0.4, 0.5) is 0 Å². The molecule has 60 valence electrons. The normalized spacial score (nSPS) is 24.8. The summed E-state index contributed by atoms with van der Waals surface area (Å²) in [4.78, 5) is 22.0. The molecule has 2 rings (SSSR count). The van der Waals surface area contributed by atoms with Crippen LogP contribution < -0.4 is 0 Å². The van der Waals surface area contributed by atoms with Crippen molar-refractivity contribution in [3.05, 3.63) is 11.6 Å². The first kappa shape index (κ1) is 6.90. The van der Waals surface area contributed by atoms with E-state index in [-0.39, 0.29) is 0 Å². The number of hydrogen-bond acceptors (Lipinski definition) is 4. The van der Waals surface area contributed by atoms with Gasteiger partial charge in [-0.3, -0.25) is 4.99 Å². The van der Waals surface area contributed by atoms with Crippen LogP contribution in [-0.4, -0.2) is 35.5 Å². The van der Waals surface area contributed by atoms with Gasteiger partial charge in [0.2, 0.25) is 0 Å². The molecule has 2 heterocycles. The van der Waals surface area contributed by atoms with Crippen molar-refractivity contribution in [1.29, 1.82) is 0 Å². The lowest BCUT2D eigenvalue weighted by Crippen LogP contribution is -2.26. The van der Waals surface area contributed by atoms with E-state index in [4.69, 9.17) is 5.11 Å². The number of carbonyl (C=O) groups is 1. The monoisotopic (exact) mass is 163 g/mol. The fraction of sp³-hybridized carbons (Fsp3) is 0.143. The highest BCUT2D eigenvalue weighted by molar-refractivity contribution is 6.17. The van der Waals surface area contributed by atoms with Gasteiger partial charge in [-0.05, 0) is 6.08 Å². The highest BCUT2D eigenvalue weighted by Crippen LogP contribution is 2.16. The summed E-state index contributed by atoms with van der Waals surface area (Å²) in [6.45, 7) is 0. The van der Waals surface area contributed by atoms with Gasteiger partial charge in [0.15, 0.2) is 11.9 Å². The number of rotatable bonds is 1. The second-order valence-electron chi connectivity index (χ2n) is 2.36.